The van der Waals surface area contributed by atoms with Gasteiger partial charge in [-0.2, -0.15) is 8.78 Å². The van der Waals surface area contributed by atoms with Crippen LogP contribution in [0.1, 0.15) is 64.2 Å². The van der Waals surface area contributed by atoms with Crippen LogP contribution in [0.3, 0.4) is 0 Å². The first-order chi connectivity index (χ1) is 19.4. The molecule has 0 aromatic heterocycles. The fourth-order valence-electron chi connectivity index (χ4n) is 5.74. The predicted octanol–water partition coefficient (Wildman–Crippen LogP) is 8.41. The Hall–Kier alpha value is -2.45. The Morgan fingerprint density at radius 1 is 0.829 bits per heavy atom. The number of alkyl halides is 5. The zero-order valence-corrected chi connectivity index (χ0v) is 22.7. The van der Waals surface area contributed by atoms with Crippen molar-refractivity contribution in [1.82, 2.24) is 0 Å². The second kappa shape index (κ2) is 13.7. The molecule has 4 rings (SSSR count). The van der Waals surface area contributed by atoms with Crippen LogP contribution >= 0.6 is 0 Å². The summed E-state index contributed by atoms with van der Waals surface area (Å²) < 4.78 is 114. The molecule has 1 aliphatic heterocycles. The lowest BCUT2D eigenvalue weighted by atomic mass is 9.79. The molecule has 4 nitrogen and oxygen atoms in total. The summed E-state index contributed by atoms with van der Waals surface area (Å²) in [6, 6.07) is 0.495. The van der Waals surface area contributed by atoms with E-state index in [1.807, 2.05) is 6.08 Å². The van der Waals surface area contributed by atoms with Crippen molar-refractivity contribution in [3.8, 4) is 23.3 Å². The van der Waals surface area contributed by atoms with Crippen LogP contribution in [0.4, 0.5) is 30.7 Å². The quantitative estimate of drug-likeness (QED) is 0.173. The zero-order chi connectivity index (χ0) is 29.6. The van der Waals surface area contributed by atoms with Crippen LogP contribution in [0.25, 0.3) is 0 Å². The third kappa shape index (κ3) is 9.02. The van der Waals surface area contributed by atoms with E-state index in [1.54, 1.807) is 0 Å². The molecule has 1 aromatic carbocycles. The van der Waals surface area contributed by atoms with E-state index in [0.29, 0.717) is 37.9 Å². The summed E-state index contributed by atoms with van der Waals surface area (Å²) in [5.41, 5.74) is 0. The molecule has 2 saturated carbocycles. The summed E-state index contributed by atoms with van der Waals surface area (Å²) >= 11 is 0. The minimum atomic E-state index is -5.34. The molecule has 1 heterocycles. The molecule has 0 spiro atoms. The van der Waals surface area contributed by atoms with Gasteiger partial charge < -0.3 is 18.9 Å². The van der Waals surface area contributed by atoms with Crippen LogP contribution in [0.5, 0.6) is 11.5 Å². The maximum Gasteiger partial charge on any atom is 0.573 e. The van der Waals surface area contributed by atoms with Gasteiger partial charge in [0.2, 0.25) is 5.75 Å². The number of allylic oxidation sites excluding steroid dienone is 1. The molecular weight excluding hydrogens is 557 g/mol. The SMILES string of the molecule is C=CCCC1COC(C2CCC(C#CC3CCC(C(F)(F)Oc4cc(F)c(OC(F)(F)F)c(F)c4)CC3)CC2)OC1. The summed E-state index contributed by atoms with van der Waals surface area (Å²) in [5.74, 6) is 0.0894. The molecule has 1 saturated heterocycles. The van der Waals surface area contributed by atoms with Gasteiger partial charge in [-0.25, -0.2) is 8.78 Å². The number of rotatable bonds is 8. The Morgan fingerprint density at radius 2 is 1.37 bits per heavy atom. The first-order valence-corrected chi connectivity index (χ1v) is 14.1. The molecule has 0 bridgehead atoms. The molecule has 0 amide bonds. The highest BCUT2D eigenvalue weighted by Gasteiger charge is 2.44. The average Bonchev–Trinajstić information content (AvgIpc) is 2.93. The normalized spacial score (nSPS) is 29.2. The van der Waals surface area contributed by atoms with Crippen molar-refractivity contribution in [3.05, 3.63) is 36.4 Å². The lowest BCUT2D eigenvalue weighted by Crippen LogP contribution is -2.38. The fraction of sp³-hybridized carbons (Fsp3) is 0.667. The molecule has 0 N–H and O–H groups in total. The lowest BCUT2D eigenvalue weighted by molar-refractivity contribution is -0.276. The van der Waals surface area contributed by atoms with Crippen molar-refractivity contribution in [2.75, 3.05) is 13.2 Å². The summed E-state index contributed by atoms with van der Waals surface area (Å²) in [6.45, 7) is 5.17. The van der Waals surface area contributed by atoms with Gasteiger partial charge in [0.15, 0.2) is 17.9 Å². The lowest BCUT2D eigenvalue weighted by Gasteiger charge is -2.37. The Labute approximate surface area is 235 Å². The van der Waals surface area contributed by atoms with Crippen molar-refractivity contribution in [2.24, 2.45) is 29.6 Å². The van der Waals surface area contributed by atoms with Crippen molar-refractivity contribution in [1.29, 1.82) is 0 Å². The molecule has 228 valence electrons. The first-order valence-electron chi connectivity index (χ1n) is 14.1. The zero-order valence-electron chi connectivity index (χ0n) is 22.7. The van der Waals surface area contributed by atoms with Gasteiger partial charge in [-0.1, -0.05) is 17.9 Å². The Kier molecular flexibility index (Phi) is 10.5. The summed E-state index contributed by atoms with van der Waals surface area (Å²) in [4.78, 5) is 0. The predicted molar refractivity (Wildman–Crippen MR) is 136 cm³/mol. The van der Waals surface area contributed by atoms with E-state index in [4.69, 9.17) is 9.47 Å². The third-order valence-electron chi connectivity index (χ3n) is 8.07. The van der Waals surface area contributed by atoms with Crippen LogP contribution in [0.15, 0.2) is 24.8 Å². The van der Waals surface area contributed by atoms with Gasteiger partial charge in [0.25, 0.3) is 0 Å². The fourth-order valence-corrected chi connectivity index (χ4v) is 5.74. The van der Waals surface area contributed by atoms with Gasteiger partial charge in [0.05, 0.1) is 19.1 Å². The smallest absolute Gasteiger partial charge is 0.432 e. The van der Waals surface area contributed by atoms with E-state index in [-0.39, 0.29) is 43.1 Å². The number of ether oxygens (including phenoxy) is 4. The largest absolute Gasteiger partial charge is 0.573 e. The highest BCUT2D eigenvalue weighted by atomic mass is 19.4. The van der Waals surface area contributed by atoms with E-state index in [9.17, 15) is 30.7 Å². The number of hydrogen-bond acceptors (Lipinski definition) is 4. The maximum absolute atomic E-state index is 14.8. The van der Waals surface area contributed by atoms with Crippen LogP contribution in [0.2, 0.25) is 0 Å². The van der Waals surface area contributed by atoms with E-state index in [1.165, 1.54) is 0 Å². The molecule has 41 heavy (non-hydrogen) atoms. The van der Waals surface area contributed by atoms with Crippen LogP contribution < -0.4 is 9.47 Å². The first kappa shape index (κ1) is 31.5. The maximum atomic E-state index is 14.8. The molecule has 0 unspecified atom stereocenters. The molecule has 3 aliphatic rings. The van der Waals surface area contributed by atoms with Gasteiger partial charge in [0, 0.05) is 35.8 Å². The number of halogens is 7. The minimum absolute atomic E-state index is 0.0361. The van der Waals surface area contributed by atoms with Crippen molar-refractivity contribution < 1.29 is 49.7 Å². The Morgan fingerprint density at radius 3 is 1.88 bits per heavy atom. The van der Waals surface area contributed by atoms with Gasteiger partial charge in [-0.3, -0.25) is 0 Å². The van der Waals surface area contributed by atoms with Crippen LogP contribution in [-0.2, 0) is 9.47 Å². The Bertz CT molecular complexity index is 1050. The van der Waals surface area contributed by atoms with E-state index < -0.39 is 41.5 Å². The molecule has 0 atom stereocenters. The van der Waals surface area contributed by atoms with Crippen molar-refractivity contribution in [2.45, 2.75) is 83.0 Å². The summed E-state index contributed by atoms with van der Waals surface area (Å²) in [7, 11) is 0. The number of benzene rings is 1. The van der Waals surface area contributed by atoms with Gasteiger partial charge >= 0.3 is 12.5 Å². The summed E-state index contributed by atoms with van der Waals surface area (Å²) in [5, 5.41) is 0. The van der Waals surface area contributed by atoms with E-state index in [2.05, 4.69) is 27.9 Å². The highest BCUT2D eigenvalue weighted by molar-refractivity contribution is 5.35. The topological polar surface area (TPSA) is 36.9 Å². The Balaban J connectivity index is 1.20. The van der Waals surface area contributed by atoms with Crippen LogP contribution in [-0.4, -0.2) is 32.0 Å². The summed E-state index contributed by atoms with van der Waals surface area (Å²) in [6.07, 6.45) is -0.601. The molecule has 1 aromatic rings. The number of hydrogen-bond donors (Lipinski definition) is 0. The monoisotopic (exact) mass is 592 g/mol. The molecular formula is C30H35F7O4. The van der Waals surface area contributed by atoms with Gasteiger partial charge in [-0.05, 0) is 64.2 Å². The molecule has 3 fully saturated rings. The van der Waals surface area contributed by atoms with E-state index in [0.717, 1.165) is 38.5 Å². The molecule has 2 aliphatic carbocycles. The third-order valence-corrected chi connectivity index (χ3v) is 8.07. The van der Waals surface area contributed by atoms with Crippen LogP contribution in [0, 0.1) is 53.1 Å². The second-order valence-corrected chi connectivity index (χ2v) is 11.1. The second-order valence-electron chi connectivity index (χ2n) is 11.1. The van der Waals surface area contributed by atoms with Crippen molar-refractivity contribution in [3.63, 3.8) is 0 Å². The average molecular weight is 593 g/mol. The minimum Gasteiger partial charge on any atom is -0.432 e. The van der Waals surface area contributed by atoms with E-state index >= 15 is 0 Å². The standard InChI is InChI=1S/C30H35F7O4/c1-2-3-4-21-17-38-28(39-18-21)22-11-7-19(8-12-22)5-6-20-9-13-23(14-10-20)29(33,34)40-24-15-25(31)27(26(32)16-24)41-30(35,36)37/h2,15-16,19-23,28H,1,3-4,7-14,17-18H2. The highest BCUT2D eigenvalue weighted by Crippen LogP contribution is 2.41. The van der Waals surface area contributed by atoms with Crippen molar-refractivity contribution >= 4 is 0 Å². The van der Waals surface area contributed by atoms with Gasteiger partial charge in [-0.15, -0.1) is 19.8 Å². The van der Waals surface area contributed by atoms with Gasteiger partial charge in [0.1, 0.15) is 5.75 Å². The molecule has 11 heteroatoms. The molecule has 0 radical (unpaired) electrons.